The molecule has 0 bridgehead atoms. The standard InChI is InChI=1S/C19H28N4O3S/c1-20-19(21-9-13-23-10-4-14-27(23,24)25)22-11-7-16(8-12-22)17-5-3-6-18(15-17)26-2/h3,5-7,15H,4,8-14H2,1-2H3,(H,20,21). The van der Waals surface area contributed by atoms with Gasteiger partial charge in [-0.25, -0.2) is 12.7 Å². The van der Waals surface area contributed by atoms with Crippen LogP contribution in [0.1, 0.15) is 18.4 Å². The van der Waals surface area contributed by atoms with Crippen LogP contribution >= 0.6 is 0 Å². The van der Waals surface area contributed by atoms with Gasteiger partial charge in [0.25, 0.3) is 0 Å². The maximum Gasteiger partial charge on any atom is 0.214 e. The Hall–Kier alpha value is -2.06. The third-order valence-corrected chi connectivity index (χ3v) is 6.97. The first-order valence-corrected chi connectivity index (χ1v) is 10.9. The minimum atomic E-state index is -3.04. The van der Waals surface area contributed by atoms with Gasteiger partial charge in [0.2, 0.25) is 10.0 Å². The first-order valence-electron chi connectivity index (χ1n) is 9.30. The van der Waals surface area contributed by atoms with Crippen LogP contribution in [0.5, 0.6) is 5.75 Å². The second-order valence-corrected chi connectivity index (χ2v) is 8.79. The Kier molecular flexibility index (Phi) is 6.38. The van der Waals surface area contributed by atoms with Gasteiger partial charge in [-0.2, -0.15) is 0 Å². The van der Waals surface area contributed by atoms with Gasteiger partial charge in [0.15, 0.2) is 5.96 Å². The van der Waals surface area contributed by atoms with Crippen molar-refractivity contribution in [1.82, 2.24) is 14.5 Å². The molecule has 1 N–H and O–H groups in total. The summed E-state index contributed by atoms with van der Waals surface area (Å²) in [6.07, 6.45) is 3.87. The Morgan fingerprint density at radius 3 is 2.81 bits per heavy atom. The zero-order chi connectivity index (χ0) is 19.3. The molecule has 3 rings (SSSR count). The summed E-state index contributed by atoms with van der Waals surface area (Å²) < 4.78 is 30.6. The van der Waals surface area contributed by atoms with Gasteiger partial charge < -0.3 is 15.0 Å². The molecule has 0 aromatic heterocycles. The number of aliphatic imine (C=N–C) groups is 1. The third-order valence-electron chi connectivity index (χ3n) is 5.01. The highest BCUT2D eigenvalue weighted by molar-refractivity contribution is 7.89. The molecule has 1 fully saturated rings. The van der Waals surface area contributed by atoms with Crippen LogP contribution in [-0.2, 0) is 10.0 Å². The Bertz CT molecular complexity index is 820. The van der Waals surface area contributed by atoms with Crippen molar-refractivity contribution < 1.29 is 13.2 Å². The lowest BCUT2D eigenvalue weighted by molar-refractivity contribution is 0.414. The van der Waals surface area contributed by atoms with E-state index in [-0.39, 0.29) is 5.75 Å². The summed E-state index contributed by atoms with van der Waals surface area (Å²) in [7, 11) is 0.400. The van der Waals surface area contributed by atoms with E-state index in [1.165, 1.54) is 11.1 Å². The van der Waals surface area contributed by atoms with E-state index >= 15 is 0 Å². The van der Waals surface area contributed by atoms with Gasteiger partial charge in [-0.1, -0.05) is 18.2 Å². The Morgan fingerprint density at radius 1 is 1.33 bits per heavy atom. The van der Waals surface area contributed by atoms with E-state index in [1.807, 2.05) is 12.1 Å². The maximum atomic E-state index is 11.9. The molecular weight excluding hydrogens is 364 g/mol. The lowest BCUT2D eigenvalue weighted by atomic mass is 9.99. The number of nitrogens with zero attached hydrogens (tertiary/aromatic N) is 3. The molecule has 1 saturated heterocycles. The molecule has 2 aliphatic rings. The average Bonchev–Trinajstić information content (AvgIpc) is 3.03. The smallest absolute Gasteiger partial charge is 0.214 e. The van der Waals surface area contributed by atoms with Gasteiger partial charge in [-0.3, -0.25) is 4.99 Å². The van der Waals surface area contributed by atoms with Crippen LogP contribution in [-0.4, -0.2) is 76.2 Å². The number of sulfonamides is 1. The largest absolute Gasteiger partial charge is 0.497 e. The lowest BCUT2D eigenvalue weighted by Crippen LogP contribution is -2.46. The fourth-order valence-electron chi connectivity index (χ4n) is 3.51. The quantitative estimate of drug-likeness (QED) is 0.606. The summed E-state index contributed by atoms with van der Waals surface area (Å²) >= 11 is 0. The number of nitrogens with one attached hydrogen (secondary N) is 1. The zero-order valence-corrected chi connectivity index (χ0v) is 16.8. The molecular formula is C19H28N4O3S. The van der Waals surface area contributed by atoms with E-state index < -0.39 is 10.0 Å². The average molecular weight is 393 g/mol. The van der Waals surface area contributed by atoms with Gasteiger partial charge in [-0.05, 0) is 36.1 Å². The van der Waals surface area contributed by atoms with Crippen LogP contribution in [0.3, 0.4) is 0 Å². The first-order chi connectivity index (χ1) is 13.0. The molecule has 1 aromatic carbocycles. The molecule has 0 aliphatic carbocycles. The highest BCUT2D eigenvalue weighted by Gasteiger charge is 2.27. The minimum Gasteiger partial charge on any atom is -0.497 e. The molecule has 27 heavy (non-hydrogen) atoms. The molecule has 2 aliphatic heterocycles. The number of hydrogen-bond acceptors (Lipinski definition) is 4. The molecule has 0 radical (unpaired) electrons. The van der Waals surface area contributed by atoms with Crippen molar-refractivity contribution >= 4 is 21.6 Å². The Labute approximate surface area is 161 Å². The van der Waals surface area contributed by atoms with Crippen molar-refractivity contribution in [3.8, 4) is 5.75 Å². The summed E-state index contributed by atoms with van der Waals surface area (Å²) in [5, 5.41) is 3.30. The molecule has 8 heteroatoms. The van der Waals surface area contributed by atoms with Crippen molar-refractivity contribution in [3.05, 3.63) is 35.9 Å². The number of hydrogen-bond donors (Lipinski definition) is 1. The molecule has 0 amide bonds. The van der Waals surface area contributed by atoms with E-state index in [0.29, 0.717) is 19.6 Å². The Morgan fingerprint density at radius 2 is 2.19 bits per heavy atom. The molecule has 2 heterocycles. The maximum absolute atomic E-state index is 11.9. The SMILES string of the molecule is CN=C(NCCN1CCCS1(=O)=O)N1CC=C(c2cccc(OC)c2)CC1. The Balaban J connectivity index is 1.54. The summed E-state index contributed by atoms with van der Waals surface area (Å²) in [4.78, 5) is 6.53. The van der Waals surface area contributed by atoms with E-state index in [9.17, 15) is 8.42 Å². The second-order valence-electron chi connectivity index (χ2n) is 6.70. The van der Waals surface area contributed by atoms with E-state index in [1.54, 1.807) is 18.5 Å². The van der Waals surface area contributed by atoms with Crippen molar-refractivity contribution in [3.63, 3.8) is 0 Å². The zero-order valence-electron chi connectivity index (χ0n) is 16.0. The molecule has 0 atom stereocenters. The van der Waals surface area contributed by atoms with Crippen LogP contribution in [0, 0.1) is 0 Å². The lowest BCUT2D eigenvalue weighted by Gasteiger charge is -2.30. The van der Waals surface area contributed by atoms with E-state index in [0.717, 1.165) is 37.6 Å². The summed E-state index contributed by atoms with van der Waals surface area (Å²) in [6, 6.07) is 8.12. The van der Waals surface area contributed by atoms with Crippen molar-refractivity contribution in [2.24, 2.45) is 4.99 Å². The highest BCUT2D eigenvalue weighted by Crippen LogP contribution is 2.25. The van der Waals surface area contributed by atoms with Gasteiger partial charge >= 0.3 is 0 Å². The number of benzene rings is 1. The molecule has 7 nitrogen and oxygen atoms in total. The predicted octanol–water partition coefficient (Wildman–Crippen LogP) is 1.40. The number of rotatable bonds is 5. The fraction of sp³-hybridized carbons (Fsp3) is 0.526. The first kappa shape index (κ1) is 19.7. The molecule has 0 saturated carbocycles. The summed E-state index contributed by atoms with van der Waals surface area (Å²) in [6.45, 7) is 3.31. The van der Waals surface area contributed by atoms with Crippen LogP contribution in [0.2, 0.25) is 0 Å². The highest BCUT2D eigenvalue weighted by atomic mass is 32.2. The third kappa shape index (κ3) is 4.81. The van der Waals surface area contributed by atoms with Crippen molar-refractivity contribution in [1.29, 1.82) is 0 Å². The minimum absolute atomic E-state index is 0.270. The van der Waals surface area contributed by atoms with Crippen LogP contribution in [0.4, 0.5) is 0 Å². The second kappa shape index (κ2) is 8.75. The number of guanidine groups is 1. The normalized spacial score (nSPS) is 20.4. The molecule has 1 aromatic rings. The van der Waals surface area contributed by atoms with Crippen LogP contribution in [0.15, 0.2) is 35.3 Å². The fourth-order valence-corrected chi connectivity index (χ4v) is 5.04. The summed E-state index contributed by atoms with van der Waals surface area (Å²) in [5.41, 5.74) is 2.50. The number of methoxy groups -OCH3 is 1. The van der Waals surface area contributed by atoms with Gasteiger partial charge in [0.1, 0.15) is 5.75 Å². The van der Waals surface area contributed by atoms with Gasteiger partial charge in [0, 0.05) is 39.8 Å². The van der Waals surface area contributed by atoms with Gasteiger partial charge in [-0.15, -0.1) is 0 Å². The van der Waals surface area contributed by atoms with Crippen molar-refractivity contribution in [2.45, 2.75) is 12.8 Å². The molecule has 0 spiro atoms. The van der Waals surface area contributed by atoms with E-state index in [4.69, 9.17) is 4.74 Å². The van der Waals surface area contributed by atoms with Gasteiger partial charge in [0.05, 0.1) is 12.9 Å². The van der Waals surface area contributed by atoms with Crippen molar-refractivity contribution in [2.75, 3.05) is 52.6 Å². The van der Waals surface area contributed by atoms with E-state index in [2.05, 4.69) is 33.4 Å². The predicted molar refractivity (Wildman–Crippen MR) is 108 cm³/mol. The van der Waals surface area contributed by atoms with Crippen LogP contribution < -0.4 is 10.1 Å². The summed E-state index contributed by atoms with van der Waals surface area (Å²) in [5.74, 6) is 1.95. The molecule has 148 valence electrons. The molecule has 0 unspecified atom stereocenters. The number of ether oxygens (including phenoxy) is 1. The topological polar surface area (TPSA) is 74.2 Å². The van der Waals surface area contributed by atoms with Crippen LogP contribution in [0.25, 0.3) is 5.57 Å². The monoisotopic (exact) mass is 392 g/mol.